The Morgan fingerprint density at radius 3 is 3.10 bits per heavy atom. The van der Waals surface area contributed by atoms with Crippen molar-refractivity contribution in [2.24, 2.45) is 0 Å². The van der Waals surface area contributed by atoms with E-state index in [4.69, 9.17) is 4.42 Å². The standard InChI is InChI=1S/C15H14N2O2S/c1-10-17-13-9-11(4-5-14(13)19-10)15(18)16-7-6-12-3-2-8-20-12/h2-5,8-9H,6-7H2,1H3,(H,16,18). The summed E-state index contributed by atoms with van der Waals surface area (Å²) in [4.78, 5) is 17.6. The number of thiophene rings is 1. The van der Waals surface area contributed by atoms with Crippen molar-refractivity contribution in [2.45, 2.75) is 13.3 Å². The summed E-state index contributed by atoms with van der Waals surface area (Å²) in [5.74, 6) is 0.527. The second-order valence-corrected chi connectivity index (χ2v) is 5.53. The second-order valence-electron chi connectivity index (χ2n) is 4.50. The number of nitrogens with one attached hydrogen (secondary N) is 1. The first kappa shape index (κ1) is 12.9. The third-order valence-electron chi connectivity index (χ3n) is 2.99. The van der Waals surface area contributed by atoms with Gasteiger partial charge in [0.15, 0.2) is 11.5 Å². The van der Waals surface area contributed by atoms with Crippen LogP contribution in [0.4, 0.5) is 0 Å². The molecule has 0 aliphatic heterocycles. The van der Waals surface area contributed by atoms with Crippen molar-refractivity contribution in [1.82, 2.24) is 10.3 Å². The molecule has 3 rings (SSSR count). The molecular weight excluding hydrogens is 272 g/mol. The molecule has 0 atom stereocenters. The molecule has 0 unspecified atom stereocenters. The van der Waals surface area contributed by atoms with Gasteiger partial charge in [-0.3, -0.25) is 4.79 Å². The molecule has 0 aliphatic carbocycles. The maximum Gasteiger partial charge on any atom is 0.251 e. The summed E-state index contributed by atoms with van der Waals surface area (Å²) in [5.41, 5.74) is 2.03. The number of rotatable bonds is 4. The van der Waals surface area contributed by atoms with Crippen molar-refractivity contribution in [1.29, 1.82) is 0 Å². The van der Waals surface area contributed by atoms with Gasteiger partial charge in [-0.25, -0.2) is 4.98 Å². The van der Waals surface area contributed by atoms with Crippen molar-refractivity contribution in [3.63, 3.8) is 0 Å². The van der Waals surface area contributed by atoms with Crippen molar-refractivity contribution < 1.29 is 9.21 Å². The van der Waals surface area contributed by atoms with Gasteiger partial charge in [0.05, 0.1) is 0 Å². The zero-order chi connectivity index (χ0) is 13.9. The van der Waals surface area contributed by atoms with Gasteiger partial charge in [0.1, 0.15) is 5.52 Å². The van der Waals surface area contributed by atoms with Crippen LogP contribution in [0.5, 0.6) is 0 Å². The van der Waals surface area contributed by atoms with Gasteiger partial charge in [-0.2, -0.15) is 0 Å². The number of nitrogens with zero attached hydrogens (tertiary/aromatic N) is 1. The number of carbonyl (C=O) groups is 1. The van der Waals surface area contributed by atoms with Crippen molar-refractivity contribution >= 4 is 28.3 Å². The Morgan fingerprint density at radius 1 is 1.40 bits per heavy atom. The lowest BCUT2D eigenvalue weighted by Crippen LogP contribution is -2.25. The molecule has 3 aromatic rings. The predicted octanol–water partition coefficient (Wildman–Crippen LogP) is 3.17. The normalized spacial score (nSPS) is 10.8. The molecule has 0 spiro atoms. The lowest BCUT2D eigenvalue weighted by atomic mass is 10.2. The Hall–Kier alpha value is -2.14. The van der Waals surface area contributed by atoms with Crippen LogP contribution in [0.3, 0.4) is 0 Å². The monoisotopic (exact) mass is 286 g/mol. The molecule has 0 saturated heterocycles. The molecule has 0 radical (unpaired) electrons. The number of amides is 1. The molecule has 2 aromatic heterocycles. The van der Waals surface area contributed by atoms with Crippen molar-refractivity contribution in [3.05, 3.63) is 52.0 Å². The Kier molecular flexibility index (Phi) is 3.52. The first-order valence-electron chi connectivity index (χ1n) is 6.40. The molecule has 0 bridgehead atoms. The van der Waals surface area contributed by atoms with Crippen LogP contribution in [0.25, 0.3) is 11.1 Å². The van der Waals surface area contributed by atoms with Gasteiger partial charge < -0.3 is 9.73 Å². The summed E-state index contributed by atoms with van der Waals surface area (Å²) in [6.07, 6.45) is 0.856. The molecule has 0 fully saturated rings. The summed E-state index contributed by atoms with van der Waals surface area (Å²) in [5, 5.41) is 4.96. The average molecular weight is 286 g/mol. The highest BCUT2D eigenvalue weighted by molar-refractivity contribution is 7.09. The molecule has 0 saturated carbocycles. The number of fused-ring (bicyclic) bond motifs is 1. The van der Waals surface area contributed by atoms with Gasteiger partial charge in [-0.15, -0.1) is 11.3 Å². The number of hydrogen-bond acceptors (Lipinski definition) is 4. The molecule has 0 aliphatic rings. The van der Waals surface area contributed by atoms with Gasteiger partial charge in [0.2, 0.25) is 0 Å². The van der Waals surface area contributed by atoms with E-state index in [2.05, 4.69) is 16.4 Å². The van der Waals surface area contributed by atoms with Gasteiger partial charge in [-0.1, -0.05) is 6.07 Å². The SMILES string of the molecule is Cc1nc2cc(C(=O)NCCc3cccs3)ccc2o1. The van der Waals surface area contributed by atoms with E-state index in [1.165, 1.54) is 4.88 Å². The Bertz CT molecular complexity index is 732. The van der Waals surface area contributed by atoms with E-state index in [-0.39, 0.29) is 5.91 Å². The minimum Gasteiger partial charge on any atom is -0.441 e. The zero-order valence-electron chi connectivity index (χ0n) is 11.1. The lowest BCUT2D eigenvalue weighted by molar-refractivity contribution is 0.0954. The van der Waals surface area contributed by atoms with E-state index in [9.17, 15) is 4.79 Å². The number of benzene rings is 1. The van der Waals surface area contributed by atoms with Crippen LogP contribution in [0.2, 0.25) is 0 Å². The van der Waals surface area contributed by atoms with E-state index in [0.717, 1.165) is 6.42 Å². The molecule has 2 heterocycles. The minimum atomic E-state index is -0.0795. The van der Waals surface area contributed by atoms with Crippen LogP contribution in [0, 0.1) is 6.92 Å². The maximum absolute atomic E-state index is 12.1. The van der Waals surface area contributed by atoms with Crippen molar-refractivity contribution in [3.8, 4) is 0 Å². The molecule has 102 valence electrons. The predicted molar refractivity (Wildman–Crippen MR) is 79.1 cm³/mol. The van der Waals surface area contributed by atoms with Crippen LogP contribution in [-0.2, 0) is 6.42 Å². The fourth-order valence-corrected chi connectivity index (χ4v) is 2.75. The number of carbonyl (C=O) groups excluding carboxylic acids is 1. The third-order valence-corrected chi connectivity index (χ3v) is 3.93. The molecule has 4 nitrogen and oxygen atoms in total. The average Bonchev–Trinajstić information content (AvgIpc) is 3.05. The number of aromatic nitrogens is 1. The van der Waals surface area contributed by atoms with E-state index < -0.39 is 0 Å². The van der Waals surface area contributed by atoms with E-state index in [1.807, 2.05) is 11.4 Å². The summed E-state index contributed by atoms with van der Waals surface area (Å²) < 4.78 is 5.39. The first-order valence-corrected chi connectivity index (χ1v) is 7.28. The molecular formula is C15H14N2O2S. The van der Waals surface area contributed by atoms with Crippen LogP contribution >= 0.6 is 11.3 Å². The summed E-state index contributed by atoms with van der Waals surface area (Å²) in [6, 6.07) is 9.38. The molecule has 1 amide bonds. The fraction of sp³-hybridized carbons (Fsp3) is 0.200. The van der Waals surface area contributed by atoms with Gasteiger partial charge in [0, 0.05) is 23.9 Å². The fourth-order valence-electron chi connectivity index (χ4n) is 2.04. The number of oxazole rings is 1. The topological polar surface area (TPSA) is 55.1 Å². The summed E-state index contributed by atoms with van der Waals surface area (Å²) in [6.45, 7) is 2.43. The zero-order valence-corrected chi connectivity index (χ0v) is 11.9. The van der Waals surface area contributed by atoms with Gasteiger partial charge in [-0.05, 0) is 36.1 Å². The van der Waals surface area contributed by atoms with Crippen LogP contribution in [0.15, 0.2) is 40.1 Å². The highest BCUT2D eigenvalue weighted by atomic mass is 32.1. The second kappa shape index (κ2) is 5.46. The van der Waals surface area contributed by atoms with Gasteiger partial charge in [0.25, 0.3) is 5.91 Å². The van der Waals surface area contributed by atoms with Crippen molar-refractivity contribution in [2.75, 3.05) is 6.54 Å². The molecule has 1 N–H and O–H groups in total. The highest BCUT2D eigenvalue weighted by Gasteiger charge is 2.09. The number of aryl methyl sites for hydroxylation is 1. The van der Waals surface area contributed by atoms with Crippen LogP contribution in [-0.4, -0.2) is 17.4 Å². The minimum absolute atomic E-state index is 0.0795. The van der Waals surface area contributed by atoms with Gasteiger partial charge >= 0.3 is 0 Å². The Balaban J connectivity index is 1.65. The Morgan fingerprint density at radius 2 is 2.30 bits per heavy atom. The highest BCUT2D eigenvalue weighted by Crippen LogP contribution is 2.16. The molecule has 5 heteroatoms. The molecule has 20 heavy (non-hydrogen) atoms. The maximum atomic E-state index is 12.1. The largest absolute Gasteiger partial charge is 0.441 e. The lowest BCUT2D eigenvalue weighted by Gasteiger charge is -2.04. The van der Waals surface area contributed by atoms with Crippen LogP contribution in [0.1, 0.15) is 21.1 Å². The van der Waals surface area contributed by atoms with E-state index in [0.29, 0.717) is 29.1 Å². The first-order chi connectivity index (χ1) is 9.72. The smallest absolute Gasteiger partial charge is 0.251 e. The Labute approximate surface area is 120 Å². The number of hydrogen-bond donors (Lipinski definition) is 1. The van der Waals surface area contributed by atoms with Crippen LogP contribution < -0.4 is 5.32 Å². The summed E-state index contributed by atoms with van der Waals surface area (Å²) >= 11 is 1.70. The summed E-state index contributed by atoms with van der Waals surface area (Å²) in [7, 11) is 0. The van der Waals surface area contributed by atoms with E-state index in [1.54, 1.807) is 36.5 Å². The third kappa shape index (κ3) is 2.72. The molecule has 1 aromatic carbocycles. The van der Waals surface area contributed by atoms with E-state index >= 15 is 0 Å². The quantitative estimate of drug-likeness (QED) is 0.801.